The molecule has 0 aliphatic heterocycles. The summed E-state index contributed by atoms with van der Waals surface area (Å²) in [5, 5.41) is 15.0. The van der Waals surface area contributed by atoms with Gasteiger partial charge in [-0.05, 0) is 47.4 Å². The van der Waals surface area contributed by atoms with Gasteiger partial charge < -0.3 is 20.5 Å². The lowest BCUT2D eigenvalue weighted by atomic mass is 9.98. The maximum atomic E-state index is 12.7. The number of carbonyl (C=O) groups is 3. The van der Waals surface area contributed by atoms with Crippen molar-refractivity contribution in [1.82, 2.24) is 10.6 Å². The number of carbonyl (C=O) groups excluding carboxylic acids is 2. The molecule has 0 heterocycles. The number of carboxylic acid groups (broad SMARTS) is 1. The first-order valence-corrected chi connectivity index (χ1v) is 12.6. The van der Waals surface area contributed by atoms with Crippen molar-refractivity contribution >= 4 is 18.0 Å². The molecule has 0 aromatic heterocycles. The molecule has 0 unspecified atom stereocenters. The zero-order valence-corrected chi connectivity index (χ0v) is 20.2. The monoisotopic (exact) mass is 478 g/mol. The molecule has 35 heavy (non-hydrogen) atoms. The molecule has 1 fully saturated rings. The van der Waals surface area contributed by atoms with Crippen LogP contribution < -0.4 is 10.6 Å². The molecular formula is C28H34N2O5. The SMILES string of the molecule is CCCC[C@H](NC(=O)C[C@@H]1CCC[C@H]1NC(=O)OCC1c2ccccc2-c2ccccc21)C(=O)O. The van der Waals surface area contributed by atoms with Crippen LogP contribution in [0.5, 0.6) is 0 Å². The summed E-state index contributed by atoms with van der Waals surface area (Å²) in [5.41, 5.74) is 4.68. The topological polar surface area (TPSA) is 105 Å². The highest BCUT2D eigenvalue weighted by Gasteiger charge is 2.33. The van der Waals surface area contributed by atoms with Crippen molar-refractivity contribution in [3.63, 3.8) is 0 Å². The van der Waals surface area contributed by atoms with Crippen LogP contribution >= 0.6 is 0 Å². The Kier molecular flexibility index (Phi) is 8.06. The molecule has 4 rings (SSSR count). The van der Waals surface area contributed by atoms with Crippen LogP contribution in [0.25, 0.3) is 11.1 Å². The van der Waals surface area contributed by atoms with Crippen molar-refractivity contribution in [2.24, 2.45) is 5.92 Å². The molecule has 2 aromatic rings. The highest BCUT2D eigenvalue weighted by atomic mass is 16.5. The first-order chi connectivity index (χ1) is 17.0. The summed E-state index contributed by atoms with van der Waals surface area (Å²) in [7, 11) is 0. The van der Waals surface area contributed by atoms with Crippen LogP contribution in [0.4, 0.5) is 4.79 Å². The zero-order valence-electron chi connectivity index (χ0n) is 20.2. The quantitative estimate of drug-likeness (QED) is 0.453. The van der Waals surface area contributed by atoms with E-state index in [4.69, 9.17) is 4.74 Å². The van der Waals surface area contributed by atoms with Gasteiger partial charge in [-0.3, -0.25) is 4.79 Å². The first kappa shape index (κ1) is 24.8. The molecule has 0 bridgehead atoms. The summed E-state index contributed by atoms with van der Waals surface area (Å²) >= 11 is 0. The van der Waals surface area contributed by atoms with E-state index in [9.17, 15) is 19.5 Å². The van der Waals surface area contributed by atoms with Gasteiger partial charge in [0, 0.05) is 18.4 Å². The molecule has 0 spiro atoms. The smallest absolute Gasteiger partial charge is 0.407 e. The van der Waals surface area contributed by atoms with Crippen molar-refractivity contribution in [3.8, 4) is 11.1 Å². The fourth-order valence-corrected chi connectivity index (χ4v) is 5.42. The highest BCUT2D eigenvalue weighted by molar-refractivity contribution is 5.83. The van der Waals surface area contributed by atoms with Crippen molar-refractivity contribution < 1.29 is 24.2 Å². The second-order valence-corrected chi connectivity index (χ2v) is 9.57. The van der Waals surface area contributed by atoms with Gasteiger partial charge in [-0.25, -0.2) is 9.59 Å². The largest absolute Gasteiger partial charge is 0.480 e. The third kappa shape index (κ3) is 5.84. The van der Waals surface area contributed by atoms with Gasteiger partial charge in [0.25, 0.3) is 0 Å². The summed E-state index contributed by atoms with van der Waals surface area (Å²) in [5.74, 6) is -1.32. The number of amides is 2. The number of aliphatic carboxylic acids is 1. The molecule has 2 amide bonds. The summed E-state index contributed by atoms with van der Waals surface area (Å²) < 4.78 is 5.67. The number of unbranched alkanes of at least 4 members (excludes halogenated alkanes) is 1. The molecule has 2 aliphatic rings. The maximum Gasteiger partial charge on any atom is 0.407 e. The Morgan fingerprint density at radius 3 is 2.31 bits per heavy atom. The van der Waals surface area contributed by atoms with E-state index in [-0.39, 0.29) is 36.8 Å². The second kappa shape index (κ2) is 11.4. The molecule has 0 saturated heterocycles. The van der Waals surface area contributed by atoms with Gasteiger partial charge >= 0.3 is 12.1 Å². The minimum Gasteiger partial charge on any atom is -0.480 e. The van der Waals surface area contributed by atoms with Crippen molar-refractivity contribution in [3.05, 3.63) is 59.7 Å². The molecule has 7 heteroatoms. The number of alkyl carbamates (subject to hydrolysis) is 1. The Morgan fingerprint density at radius 2 is 1.69 bits per heavy atom. The molecule has 3 atom stereocenters. The van der Waals surface area contributed by atoms with Gasteiger partial charge in [0.05, 0.1) is 0 Å². The Labute approximate surface area is 206 Å². The van der Waals surface area contributed by atoms with E-state index in [1.807, 2.05) is 31.2 Å². The average Bonchev–Trinajstić information content (AvgIpc) is 3.42. The standard InChI is InChI=1S/C28H34N2O5/c1-2-3-14-25(27(32)33)29-26(31)16-18-9-8-15-24(18)30-28(34)35-17-23-21-12-6-4-10-19(21)20-11-5-7-13-22(20)23/h4-7,10-13,18,23-25H,2-3,8-9,14-17H2,1H3,(H,29,31)(H,30,34)(H,32,33)/t18-,24+,25-/m0/s1. The summed E-state index contributed by atoms with van der Waals surface area (Å²) in [4.78, 5) is 36.6. The minimum absolute atomic E-state index is 0.00521. The van der Waals surface area contributed by atoms with E-state index in [1.165, 1.54) is 11.1 Å². The fraction of sp³-hybridized carbons (Fsp3) is 0.464. The van der Waals surface area contributed by atoms with Crippen LogP contribution in [0.2, 0.25) is 0 Å². The van der Waals surface area contributed by atoms with Crippen LogP contribution in [0.3, 0.4) is 0 Å². The van der Waals surface area contributed by atoms with Crippen LogP contribution in [0.1, 0.15) is 68.9 Å². The molecule has 186 valence electrons. The number of hydrogen-bond donors (Lipinski definition) is 3. The van der Waals surface area contributed by atoms with E-state index in [0.29, 0.717) is 6.42 Å². The van der Waals surface area contributed by atoms with Crippen LogP contribution in [0.15, 0.2) is 48.5 Å². The van der Waals surface area contributed by atoms with Gasteiger partial charge in [0.2, 0.25) is 5.91 Å². The van der Waals surface area contributed by atoms with Crippen LogP contribution in [-0.2, 0) is 14.3 Å². The van der Waals surface area contributed by atoms with Crippen molar-refractivity contribution in [2.45, 2.75) is 69.9 Å². The lowest BCUT2D eigenvalue weighted by Gasteiger charge is -2.22. The predicted molar refractivity (Wildman–Crippen MR) is 133 cm³/mol. The molecule has 7 nitrogen and oxygen atoms in total. The number of hydrogen-bond acceptors (Lipinski definition) is 4. The Morgan fingerprint density at radius 1 is 1.03 bits per heavy atom. The van der Waals surface area contributed by atoms with Crippen LogP contribution in [0, 0.1) is 5.92 Å². The van der Waals surface area contributed by atoms with Gasteiger partial charge in [0.15, 0.2) is 0 Å². The Hall–Kier alpha value is -3.35. The Balaban J connectivity index is 1.30. The summed E-state index contributed by atoms with van der Waals surface area (Å²) in [6, 6.07) is 15.4. The zero-order chi connectivity index (χ0) is 24.8. The second-order valence-electron chi connectivity index (χ2n) is 9.57. The lowest BCUT2D eigenvalue weighted by Crippen LogP contribution is -2.44. The van der Waals surface area contributed by atoms with E-state index in [0.717, 1.165) is 43.2 Å². The number of nitrogens with one attached hydrogen (secondary N) is 2. The average molecular weight is 479 g/mol. The van der Waals surface area contributed by atoms with Gasteiger partial charge in [-0.2, -0.15) is 0 Å². The molecule has 2 aliphatic carbocycles. The van der Waals surface area contributed by atoms with E-state index in [2.05, 4.69) is 34.9 Å². The number of fused-ring (bicyclic) bond motifs is 3. The number of carboxylic acids is 1. The number of ether oxygens (including phenoxy) is 1. The summed E-state index contributed by atoms with van der Waals surface area (Å²) in [6.07, 6.45) is 4.25. The lowest BCUT2D eigenvalue weighted by molar-refractivity contribution is -0.142. The molecule has 0 radical (unpaired) electrons. The number of rotatable bonds is 10. The molecular weight excluding hydrogens is 444 g/mol. The first-order valence-electron chi connectivity index (χ1n) is 12.6. The van der Waals surface area contributed by atoms with Gasteiger partial charge in [0.1, 0.15) is 12.6 Å². The van der Waals surface area contributed by atoms with E-state index in [1.54, 1.807) is 0 Å². The van der Waals surface area contributed by atoms with Crippen LogP contribution in [-0.4, -0.2) is 41.8 Å². The van der Waals surface area contributed by atoms with Gasteiger partial charge in [-0.1, -0.05) is 74.7 Å². The third-order valence-electron chi connectivity index (χ3n) is 7.23. The summed E-state index contributed by atoms with van der Waals surface area (Å²) in [6.45, 7) is 2.23. The Bertz CT molecular complexity index is 1020. The predicted octanol–water partition coefficient (Wildman–Crippen LogP) is 4.84. The van der Waals surface area contributed by atoms with E-state index < -0.39 is 18.1 Å². The normalized spacial score (nSPS) is 19.5. The van der Waals surface area contributed by atoms with Crippen molar-refractivity contribution in [2.75, 3.05) is 6.61 Å². The molecule has 3 N–H and O–H groups in total. The maximum absolute atomic E-state index is 12.7. The number of benzene rings is 2. The third-order valence-corrected chi connectivity index (χ3v) is 7.23. The molecule has 2 aromatic carbocycles. The van der Waals surface area contributed by atoms with Gasteiger partial charge in [-0.15, -0.1) is 0 Å². The highest BCUT2D eigenvalue weighted by Crippen LogP contribution is 2.44. The van der Waals surface area contributed by atoms with Crippen molar-refractivity contribution in [1.29, 1.82) is 0 Å². The van der Waals surface area contributed by atoms with E-state index >= 15 is 0 Å². The molecule has 1 saturated carbocycles. The minimum atomic E-state index is -1.01. The fourth-order valence-electron chi connectivity index (χ4n) is 5.42.